The van der Waals surface area contributed by atoms with E-state index in [-0.39, 0.29) is 6.04 Å². The van der Waals surface area contributed by atoms with Crippen LogP contribution in [-0.4, -0.2) is 7.05 Å². The first-order chi connectivity index (χ1) is 8.61. The van der Waals surface area contributed by atoms with Crippen LogP contribution in [0.4, 0.5) is 0 Å². The maximum absolute atomic E-state index is 3.62. The maximum Gasteiger partial charge on any atom is 0.0585 e. The third-order valence-electron chi connectivity index (χ3n) is 2.77. The van der Waals surface area contributed by atoms with E-state index in [1.54, 1.807) is 0 Å². The van der Waals surface area contributed by atoms with Gasteiger partial charge >= 0.3 is 0 Å². The van der Waals surface area contributed by atoms with E-state index in [4.69, 9.17) is 0 Å². The van der Waals surface area contributed by atoms with Crippen LogP contribution in [0.1, 0.15) is 17.2 Å². The van der Waals surface area contributed by atoms with E-state index in [9.17, 15) is 0 Å². The molecule has 0 aliphatic heterocycles. The van der Waals surface area contributed by atoms with Gasteiger partial charge in [-0.25, -0.2) is 0 Å². The van der Waals surface area contributed by atoms with Crippen LogP contribution in [0.15, 0.2) is 55.9 Å². The van der Waals surface area contributed by atoms with Crippen molar-refractivity contribution in [1.29, 1.82) is 0 Å². The SMILES string of the molecule is CNC(c1ccc(Br)cc1)c1ccc(Br)cc1Br. The summed E-state index contributed by atoms with van der Waals surface area (Å²) in [6.07, 6.45) is 0. The molecule has 0 spiro atoms. The van der Waals surface area contributed by atoms with Crippen LogP contribution in [0.3, 0.4) is 0 Å². The summed E-state index contributed by atoms with van der Waals surface area (Å²) in [4.78, 5) is 0. The Kier molecular flexibility index (Phi) is 5.01. The Balaban J connectivity index is 2.41. The molecule has 0 bridgehead atoms. The second-order valence-electron chi connectivity index (χ2n) is 3.94. The molecular formula is C14H12Br3N. The van der Waals surface area contributed by atoms with Crippen LogP contribution in [0.2, 0.25) is 0 Å². The van der Waals surface area contributed by atoms with Crippen LogP contribution in [0.25, 0.3) is 0 Å². The summed E-state index contributed by atoms with van der Waals surface area (Å²) >= 11 is 10.6. The van der Waals surface area contributed by atoms with E-state index < -0.39 is 0 Å². The molecule has 4 heteroatoms. The van der Waals surface area contributed by atoms with Crippen LogP contribution in [-0.2, 0) is 0 Å². The summed E-state index contributed by atoms with van der Waals surface area (Å²) in [5.74, 6) is 0. The highest BCUT2D eigenvalue weighted by molar-refractivity contribution is 9.11. The molecule has 0 aromatic heterocycles. The molecule has 1 nitrogen and oxygen atoms in total. The number of nitrogens with one attached hydrogen (secondary N) is 1. The molecule has 0 aliphatic carbocycles. The average Bonchev–Trinajstić information content (AvgIpc) is 2.35. The van der Waals surface area contributed by atoms with Gasteiger partial charge < -0.3 is 5.32 Å². The number of benzene rings is 2. The zero-order valence-corrected chi connectivity index (χ0v) is 14.5. The van der Waals surface area contributed by atoms with Crippen LogP contribution >= 0.6 is 47.8 Å². The summed E-state index contributed by atoms with van der Waals surface area (Å²) in [6.45, 7) is 0. The lowest BCUT2D eigenvalue weighted by molar-refractivity contribution is 0.688. The lowest BCUT2D eigenvalue weighted by Crippen LogP contribution is -2.18. The Hall–Kier alpha value is -0.160. The van der Waals surface area contributed by atoms with Gasteiger partial charge in [-0.05, 0) is 42.4 Å². The molecule has 2 aromatic carbocycles. The maximum atomic E-state index is 3.62. The van der Waals surface area contributed by atoms with Gasteiger partial charge in [0.2, 0.25) is 0 Å². The van der Waals surface area contributed by atoms with Gasteiger partial charge in [0.15, 0.2) is 0 Å². The van der Waals surface area contributed by atoms with Crippen molar-refractivity contribution in [3.63, 3.8) is 0 Å². The van der Waals surface area contributed by atoms with E-state index in [2.05, 4.69) is 95.6 Å². The molecule has 0 amide bonds. The highest BCUT2D eigenvalue weighted by Gasteiger charge is 2.14. The third-order valence-corrected chi connectivity index (χ3v) is 4.47. The first kappa shape index (κ1) is 14.3. The van der Waals surface area contributed by atoms with Crippen LogP contribution in [0.5, 0.6) is 0 Å². The Bertz CT molecular complexity index is 537. The van der Waals surface area contributed by atoms with Gasteiger partial charge in [-0.3, -0.25) is 0 Å². The molecule has 0 fully saturated rings. The predicted molar refractivity (Wildman–Crippen MR) is 86.9 cm³/mol. The summed E-state index contributed by atoms with van der Waals surface area (Å²) in [5.41, 5.74) is 2.46. The van der Waals surface area contributed by atoms with Gasteiger partial charge in [0, 0.05) is 13.4 Å². The minimum atomic E-state index is 0.181. The van der Waals surface area contributed by atoms with E-state index in [0.29, 0.717) is 0 Å². The standard InChI is InChI=1S/C14H12Br3N/c1-18-14(9-2-4-10(15)5-3-9)12-7-6-11(16)8-13(12)17/h2-8,14,18H,1H3. The lowest BCUT2D eigenvalue weighted by atomic mass is 9.99. The van der Waals surface area contributed by atoms with E-state index in [1.165, 1.54) is 11.1 Å². The normalized spacial score (nSPS) is 12.4. The number of halogens is 3. The fraction of sp³-hybridized carbons (Fsp3) is 0.143. The molecular weight excluding hydrogens is 422 g/mol. The minimum Gasteiger partial charge on any atom is -0.309 e. The van der Waals surface area contributed by atoms with Gasteiger partial charge in [-0.1, -0.05) is 66.0 Å². The van der Waals surface area contributed by atoms with Crippen molar-refractivity contribution in [2.75, 3.05) is 7.05 Å². The molecule has 1 atom stereocenters. The molecule has 0 aliphatic rings. The zero-order chi connectivity index (χ0) is 13.1. The molecule has 0 saturated heterocycles. The largest absolute Gasteiger partial charge is 0.309 e. The first-order valence-electron chi connectivity index (χ1n) is 5.49. The fourth-order valence-electron chi connectivity index (χ4n) is 1.89. The average molecular weight is 434 g/mol. The highest BCUT2D eigenvalue weighted by Crippen LogP contribution is 2.31. The van der Waals surface area contributed by atoms with E-state index in [0.717, 1.165) is 13.4 Å². The lowest BCUT2D eigenvalue weighted by Gasteiger charge is -2.19. The topological polar surface area (TPSA) is 12.0 Å². The molecule has 94 valence electrons. The summed E-state index contributed by atoms with van der Waals surface area (Å²) < 4.78 is 3.26. The van der Waals surface area contributed by atoms with Crippen molar-refractivity contribution in [3.8, 4) is 0 Å². The molecule has 0 heterocycles. The van der Waals surface area contributed by atoms with Gasteiger partial charge in [-0.15, -0.1) is 0 Å². The second-order valence-corrected chi connectivity index (χ2v) is 6.62. The molecule has 1 unspecified atom stereocenters. The van der Waals surface area contributed by atoms with Gasteiger partial charge in [0.25, 0.3) is 0 Å². The number of hydrogen-bond acceptors (Lipinski definition) is 1. The van der Waals surface area contributed by atoms with Gasteiger partial charge in [0.1, 0.15) is 0 Å². The van der Waals surface area contributed by atoms with Crippen molar-refractivity contribution >= 4 is 47.8 Å². The van der Waals surface area contributed by atoms with Crippen LogP contribution < -0.4 is 5.32 Å². The van der Waals surface area contributed by atoms with Gasteiger partial charge in [0.05, 0.1) is 6.04 Å². The summed E-state index contributed by atoms with van der Waals surface area (Å²) in [5, 5.41) is 3.35. The Labute approximate surface area is 132 Å². The van der Waals surface area contributed by atoms with Crippen molar-refractivity contribution in [3.05, 3.63) is 67.0 Å². The Morgan fingerprint density at radius 2 is 1.50 bits per heavy atom. The van der Waals surface area contributed by atoms with Crippen molar-refractivity contribution in [2.24, 2.45) is 0 Å². The molecule has 0 saturated carbocycles. The minimum absolute atomic E-state index is 0.181. The first-order valence-corrected chi connectivity index (χ1v) is 7.87. The molecule has 2 rings (SSSR count). The summed E-state index contributed by atoms with van der Waals surface area (Å²) in [6, 6.07) is 14.8. The van der Waals surface area contributed by atoms with E-state index >= 15 is 0 Å². The van der Waals surface area contributed by atoms with Crippen LogP contribution in [0, 0.1) is 0 Å². The predicted octanol–water partition coefficient (Wildman–Crippen LogP) is 5.28. The zero-order valence-electron chi connectivity index (χ0n) is 9.75. The second kappa shape index (κ2) is 6.33. The molecule has 2 aromatic rings. The van der Waals surface area contributed by atoms with Crippen molar-refractivity contribution < 1.29 is 0 Å². The molecule has 18 heavy (non-hydrogen) atoms. The monoisotopic (exact) mass is 431 g/mol. The smallest absolute Gasteiger partial charge is 0.0585 e. The highest BCUT2D eigenvalue weighted by atomic mass is 79.9. The van der Waals surface area contributed by atoms with E-state index in [1.807, 2.05) is 7.05 Å². The Morgan fingerprint density at radius 1 is 0.889 bits per heavy atom. The summed E-state index contributed by atoms with van der Waals surface area (Å²) in [7, 11) is 1.97. The molecule has 1 N–H and O–H groups in total. The Morgan fingerprint density at radius 3 is 2.06 bits per heavy atom. The van der Waals surface area contributed by atoms with Gasteiger partial charge in [-0.2, -0.15) is 0 Å². The third kappa shape index (κ3) is 3.23. The number of rotatable bonds is 3. The fourth-order valence-corrected chi connectivity index (χ4v) is 3.43. The van der Waals surface area contributed by atoms with Crippen molar-refractivity contribution in [2.45, 2.75) is 6.04 Å². The van der Waals surface area contributed by atoms with Crippen molar-refractivity contribution in [1.82, 2.24) is 5.32 Å². The number of hydrogen-bond donors (Lipinski definition) is 1. The molecule has 0 radical (unpaired) electrons. The quantitative estimate of drug-likeness (QED) is 0.694.